The largest absolute Gasteiger partial charge is 0.330 e. The van der Waals surface area contributed by atoms with Gasteiger partial charge in [0, 0.05) is 12.6 Å². The molecule has 2 atom stereocenters. The standard InChI is InChI=1S/C14H30N2/c1-5-14(6-2,10-15)11-16-9-7-8-12(3)13(16)4/h12-13H,5-11,15H2,1-4H3. The van der Waals surface area contributed by atoms with Gasteiger partial charge in [0.25, 0.3) is 0 Å². The Hall–Kier alpha value is -0.0800. The maximum atomic E-state index is 6.00. The number of piperidine rings is 1. The van der Waals surface area contributed by atoms with Crippen LogP contribution in [0.3, 0.4) is 0 Å². The molecule has 1 aliphatic heterocycles. The van der Waals surface area contributed by atoms with Crippen LogP contribution in [0.25, 0.3) is 0 Å². The number of hydrogen-bond acceptors (Lipinski definition) is 2. The van der Waals surface area contributed by atoms with Gasteiger partial charge in [-0.2, -0.15) is 0 Å². The molecule has 2 N–H and O–H groups in total. The molecule has 0 bridgehead atoms. The molecule has 16 heavy (non-hydrogen) atoms. The first-order valence-electron chi connectivity index (χ1n) is 7.02. The van der Waals surface area contributed by atoms with Gasteiger partial charge in [-0.25, -0.2) is 0 Å². The third-order valence-corrected chi connectivity index (χ3v) is 4.98. The Kier molecular flexibility index (Phi) is 5.26. The first kappa shape index (κ1) is 14.0. The van der Waals surface area contributed by atoms with Crippen molar-refractivity contribution in [3.63, 3.8) is 0 Å². The fourth-order valence-electron chi connectivity index (χ4n) is 2.90. The van der Waals surface area contributed by atoms with Crippen molar-refractivity contribution >= 4 is 0 Å². The summed E-state index contributed by atoms with van der Waals surface area (Å²) in [5.41, 5.74) is 6.35. The van der Waals surface area contributed by atoms with Gasteiger partial charge >= 0.3 is 0 Å². The predicted molar refractivity (Wildman–Crippen MR) is 71.5 cm³/mol. The molecule has 0 aliphatic carbocycles. The zero-order valence-electron chi connectivity index (χ0n) is 11.6. The molecule has 1 saturated heterocycles. The van der Waals surface area contributed by atoms with E-state index in [9.17, 15) is 0 Å². The van der Waals surface area contributed by atoms with Crippen LogP contribution in [0.2, 0.25) is 0 Å². The van der Waals surface area contributed by atoms with Crippen molar-refractivity contribution in [3.8, 4) is 0 Å². The summed E-state index contributed by atoms with van der Waals surface area (Å²) in [7, 11) is 0. The van der Waals surface area contributed by atoms with Crippen molar-refractivity contribution in [1.82, 2.24) is 4.90 Å². The zero-order valence-corrected chi connectivity index (χ0v) is 11.6. The second-order valence-electron chi connectivity index (χ2n) is 5.74. The van der Waals surface area contributed by atoms with Crippen LogP contribution in [-0.4, -0.2) is 30.6 Å². The van der Waals surface area contributed by atoms with Gasteiger partial charge in [-0.3, -0.25) is 4.90 Å². The van der Waals surface area contributed by atoms with E-state index < -0.39 is 0 Å². The molecule has 0 radical (unpaired) electrons. The fourth-order valence-corrected chi connectivity index (χ4v) is 2.90. The molecule has 0 aromatic heterocycles. The summed E-state index contributed by atoms with van der Waals surface area (Å²) in [5.74, 6) is 0.845. The van der Waals surface area contributed by atoms with Gasteiger partial charge in [-0.15, -0.1) is 0 Å². The van der Waals surface area contributed by atoms with Crippen molar-refractivity contribution < 1.29 is 0 Å². The van der Waals surface area contributed by atoms with Gasteiger partial charge < -0.3 is 5.73 Å². The van der Waals surface area contributed by atoms with Crippen LogP contribution < -0.4 is 5.73 Å². The maximum absolute atomic E-state index is 6.00. The van der Waals surface area contributed by atoms with Crippen LogP contribution in [-0.2, 0) is 0 Å². The van der Waals surface area contributed by atoms with E-state index in [0.717, 1.165) is 18.5 Å². The minimum absolute atomic E-state index is 0.352. The van der Waals surface area contributed by atoms with E-state index in [-0.39, 0.29) is 0 Å². The lowest BCUT2D eigenvalue weighted by Gasteiger charge is -2.44. The molecule has 1 heterocycles. The monoisotopic (exact) mass is 226 g/mol. The Morgan fingerprint density at radius 2 is 1.88 bits per heavy atom. The molecule has 96 valence electrons. The van der Waals surface area contributed by atoms with E-state index in [1.165, 1.54) is 38.8 Å². The van der Waals surface area contributed by atoms with E-state index in [1.54, 1.807) is 0 Å². The van der Waals surface area contributed by atoms with Crippen molar-refractivity contribution in [2.75, 3.05) is 19.6 Å². The molecule has 1 aliphatic rings. The van der Waals surface area contributed by atoms with E-state index in [1.807, 2.05) is 0 Å². The highest BCUT2D eigenvalue weighted by Crippen LogP contribution is 2.31. The van der Waals surface area contributed by atoms with Crippen LogP contribution in [0, 0.1) is 11.3 Å². The van der Waals surface area contributed by atoms with Crippen LogP contribution in [0.4, 0.5) is 0 Å². The van der Waals surface area contributed by atoms with Gasteiger partial charge in [0.2, 0.25) is 0 Å². The Morgan fingerprint density at radius 1 is 1.25 bits per heavy atom. The molecule has 2 heteroatoms. The number of likely N-dealkylation sites (tertiary alicyclic amines) is 1. The lowest BCUT2D eigenvalue weighted by molar-refractivity contribution is 0.0580. The third-order valence-electron chi connectivity index (χ3n) is 4.98. The quantitative estimate of drug-likeness (QED) is 0.781. The number of rotatable bonds is 5. The Balaban J connectivity index is 2.63. The molecule has 2 unspecified atom stereocenters. The molecule has 0 aromatic carbocycles. The number of nitrogens with zero attached hydrogens (tertiary/aromatic N) is 1. The molecular weight excluding hydrogens is 196 g/mol. The normalized spacial score (nSPS) is 28.3. The Labute approximate surface area is 102 Å². The summed E-state index contributed by atoms with van der Waals surface area (Å²) < 4.78 is 0. The fraction of sp³-hybridized carbons (Fsp3) is 1.00. The minimum Gasteiger partial charge on any atom is -0.330 e. The average molecular weight is 226 g/mol. The first-order chi connectivity index (χ1) is 7.58. The number of hydrogen-bond donors (Lipinski definition) is 1. The van der Waals surface area contributed by atoms with Gasteiger partial charge in [0.1, 0.15) is 0 Å². The summed E-state index contributed by atoms with van der Waals surface area (Å²) in [6, 6.07) is 0.734. The summed E-state index contributed by atoms with van der Waals surface area (Å²) >= 11 is 0. The molecule has 0 saturated carbocycles. The summed E-state index contributed by atoms with van der Waals surface area (Å²) in [6.07, 6.45) is 5.17. The Bertz CT molecular complexity index is 191. The molecule has 0 aromatic rings. The maximum Gasteiger partial charge on any atom is 0.00928 e. The van der Waals surface area contributed by atoms with Crippen LogP contribution in [0.5, 0.6) is 0 Å². The van der Waals surface area contributed by atoms with E-state index >= 15 is 0 Å². The minimum atomic E-state index is 0.352. The highest BCUT2D eigenvalue weighted by Gasteiger charge is 2.32. The topological polar surface area (TPSA) is 29.3 Å². The summed E-state index contributed by atoms with van der Waals surface area (Å²) in [6.45, 7) is 12.6. The molecule has 0 amide bonds. The summed E-state index contributed by atoms with van der Waals surface area (Å²) in [4.78, 5) is 2.67. The predicted octanol–water partition coefficient (Wildman–Crippen LogP) is 2.87. The van der Waals surface area contributed by atoms with Crippen molar-refractivity contribution in [2.45, 2.75) is 59.4 Å². The Morgan fingerprint density at radius 3 is 2.38 bits per heavy atom. The second-order valence-corrected chi connectivity index (χ2v) is 5.74. The molecule has 2 nitrogen and oxygen atoms in total. The highest BCUT2D eigenvalue weighted by molar-refractivity contribution is 4.86. The van der Waals surface area contributed by atoms with Crippen LogP contribution in [0.15, 0.2) is 0 Å². The van der Waals surface area contributed by atoms with E-state index in [2.05, 4.69) is 32.6 Å². The highest BCUT2D eigenvalue weighted by atomic mass is 15.2. The van der Waals surface area contributed by atoms with E-state index in [0.29, 0.717) is 5.41 Å². The lowest BCUT2D eigenvalue weighted by atomic mass is 9.80. The third kappa shape index (κ3) is 2.98. The SMILES string of the molecule is CCC(CC)(CN)CN1CCCC(C)C1C. The van der Waals surface area contributed by atoms with Crippen molar-refractivity contribution in [2.24, 2.45) is 17.1 Å². The number of nitrogens with two attached hydrogens (primary N) is 1. The average Bonchev–Trinajstić information content (AvgIpc) is 2.32. The van der Waals surface area contributed by atoms with Gasteiger partial charge in [-0.1, -0.05) is 20.8 Å². The second kappa shape index (κ2) is 6.02. The summed E-state index contributed by atoms with van der Waals surface area (Å²) in [5, 5.41) is 0. The molecular formula is C14H30N2. The molecule has 0 spiro atoms. The van der Waals surface area contributed by atoms with Crippen molar-refractivity contribution in [3.05, 3.63) is 0 Å². The lowest BCUT2D eigenvalue weighted by Crippen LogP contribution is -2.49. The smallest absolute Gasteiger partial charge is 0.00928 e. The first-order valence-corrected chi connectivity index (χ1v) is 7.02. The van der Waals surface area contributed by atoms with Gasteiger partial charge in [0.15, 0.2) is 0 Å². The van der Waals surface area contributed by atoms with Gasteiger partial charge in [0.05, 0.1) is 0 Å². The van der Waals surface area contributed by atoms with Crippen LogP contribution in [0.1, 0.15) is 53.4 Å². The van der Waals surface area contributed by atoms with Crippen LogP contribution >= 0.6 is 0 Å². The molecule has 1 rings (SSSR count). The molecule has 1 fully saturated rings. The van der Waals surface area contributed by atoms with Crippen molar-refractivity contribution in [1.29, 1.82) is 0 Å². The zero-order chi connectivity index (χ0) is 12.2. The van der Waals surface area contributed by atoms with E-state index in [4.69, 9.17) is 5.73 Å². The van der Waals surface area contributed by atoms with Gasteiger partial charge in [-0.05, 0) is 57.0 Å².